The van der Waals surface area contributed by atoms with Crippen LogP contribution in [0.4, 0.5) is 0 Å². The number of esters is 1. The van der Waals surface area contributed by atoms with E-state index < -0.39 is 14.3 Å². The van der Waals surface area contributed by atoms with E-state index in [1.165, 1.54) is 0 Å². The maximum absolute atomic E-state index is 10.7. The number of carbonyl (C=O) groups excluding carboxylic acids is 1. The van der Waals surface area contributed by atoms with Crippen LogP contribution in [0.15, 0.2) is 12.7 Å². The van der Waals surface area contributed by atoms with Crippen LogP contribution in [0.5, 0.6) is 0 Å². The Labute approximate surface area is 111 Å². The lowest BCUT2D eigenvalue weighted by molar-refractivity contribution is -0.139. The van der Waals surface area contributed by atoms with Gasteiger partial charge in [-0.15, -0.1) is 0 Å². The molecule has 0 heterocycles. The van der Waals surface area contributed by atoms with E-state index in [0.717, 1.165) is 6.08 Å². The van der Waals surface area contributed by atoms with Crippen LogP contribution >= 0.6 is 0 Å². The lowest BCUT2D eigenvalue weighted by atomic mass is 10.2. The first-order valence-electron chi connectivity index (χ1n) is 6.21. The van der Waals surface area contributed by atoms with Crippen LogP contribution in [0, 0.1) is 0 Å². The molecule has 106 valence electrons. The number of hydrogen-bond donors (Lipinski definition) is 0. The van der Waals surface area contributed by atoms with Crippen LogP contribution in [-0.2, 0) is 18.7 Å². The maximum atomic E-state index is 10.7. The Bertz CT molecular complexity index is 269. The third-order valence-electron chi connectivity index (χ3n) is 3.14. The van der Waals surface area contributed by atoms with Gasteiger partial charge < -0.3 is 13.9 Å². The normalized spacial score (nSPS) is 12.3. The third kappa shape index (κ3) is 6.93. The molecule has 0 aliphatic heterocycles. The van der Waals surface area contributed by atoms with Crippen LogP contribution in [0.2, 0.25) is 18.1 Å². The standard InChI is InChI=1S/C13H26O4Si/c1-7-12(14)16-10-8-15-9-11-17-18(5,6)13(2,3)4/h7H,1,8-11H2,2-6H3. The van der Waals surface area contributed by atoms with Crippen molar-refractivity contribution in [3.63, 3.8) is 0 Å². The average Bonchev–Trinajstić information content (AvgIpc) is 2.25. The molecule has 0 atom stereocenters. The zero-order valence-corrected chi connectivity index (χ0v) is 13.2. The Hall–Kier alpha value is -0.653. The van der Waals surface area contributed by atoms with Crippen molar-refractivity contribution in [1.82, 2.24) is 0 Å². The summed E-state index contributed by atoms with van der Waals surface area (Å²) in [6, 6.07) is 0. The Morgan fingerprint density at radius 3 is 2.22 bits per heavy atom. The van der Waals surface area contributed by atoms with Crippen LogP contribution < -0.4 is 0 Å². The fourth-order valence-electron chi connectivity index (χ4n) is 0.934. The van der Waals surface area contributed by atoms with Gasteiger partial charge in [-0.2, -0.15) is 0 Å². The van der Waals surface area contributed by atoms with Gasteiger partial charge in [0.15, 0.2) is 8.32 Å². The number of ether oxygens (including phenoxy) is 2. The second-order valence-electron chi connectivity index (χ2n) is 5.59. The molecule has 0 rings (SSSR count). The molecule has 0 aromatic rings. The first kappa shape index (κ1) is 17.3. The van der Waals surface area contributed by atoms with Crippen molar-refractivity contribution in [2.24, 2.45) is 0 Å². The Balaban J connectivity index is 3.57. The Morgan fingerprint density at radius 1 is 1.17 bits per heavy atom. The molecule has 0 radical (unpaired) electrons. The number of hydrogen-bond acceptors (Lipinski definition) is 4. The fraction of sp³-hybridized carbons (Fsp3) is 0.769. The topological polar surface area (TPSA) is 44.8 Å². The van der Waals surface area contributed by atoms with Crippen LogP contribution in [0.25, 0.3) is 0 Å². The van der Waals surface area contributed by atoms with Gasteiger partial charge in [-0.25, -0.2) is 4.79 Å². The van der Waals surface area contributed by atoms with E-state index in [0.29, 0.717) is 19.8 Å². The van der Waals surface area contributed by atoms with Crippen LogP contribution in [-0.4, -0.2) is 40.7 Å². The molecule has 5 heteroatoms. The SMILES string of the molecule is C=CC(=O)OCCOCCO[Si](C)(C)C(C)(C)C. The molecule has 0 saturated heterocycles. The van der Waals surface area contributed by atoms with Gasteiger partial charge >= 0.3 is 5.97 Å². The second-order valence-corrected chi connectivity index (χ2v) is 10.4. The molecule has 0 aromatic carbocycles. The van der Waals surface area contributed by atoms with Crippen molar-refractivity contribution >= 4 is 14.3 Å². The zero-order chi connectivity index (χ0) is 14.2. The van der Waals surface area contributed by atoms with Crippen molar-refractivity contribution < 1.29 is 18.7 Å². The minimum atomic E-state index is -1.68. The van der Waals surface area contributed by atoms with Crippen LogP contribution in [0.1, 0.15) is 20.8 Å². The van der Waals surface area contributed by atoms with Crippen LogP contribution in [0.3, 0.4) is 0 Å². The van der Waals surface area contributed by atoms with Gasteiger partial charge in [-0.1, -0.05) is 27.4 Å². The number of carbonyl (C=O) groups is 1. The van der Waals surface area contributed by atoms with Gasteiger partial charge in [0, 0.05) is 6.08 Å². The summed E-state index contributed by atoms with van der Waals surface area (Å²) < 4.78 is 16.0. The largest absolute Gasteiger partial charge is 0.460 e. The quantitative estimate of drug-likeness (QED) is 0.295. The molecule has 0 fully saturated rings. The lowest BCUT2D eigenvalue weighted by Gasteiger charge is -2.36. The van der Waals surface area contributed by atoms with Gasteiger partial charge in [0.05, 0.1) is 19.8 Å². The Morgan fingerprint density at radius 2 is 1.72 bits per heavy atom. The molecule has 0 aromatic heterocycles. The molecular formula is C13H26O4Si. The third-order valence-corrected chi connectivity index (χ3v) is 7.67. The van der Waals surface area contributed by atoms with Gasteiger partial charge in [-0.05, 0) is 18.1 Å². The predicted molar refractivity (Wildman–Crippen MR) is 75.1 cm³/mol. The van der Waals surface area contributed by atoms with E-state index in [1.807, 2.05) is 0 Å². The molecule has 0 N–H and O–H groups in total. The summed E-state index contributed by atoms with van der Waals surface area (Å²) in [5.74, 6) is -0.420. The van der Waals surface area contributed by atoms with E-state index in [9.17, 15) is 4.79 Å². The second kappa shape index (κ2) is 7.71. The van der Waals surface area contributed by atoms with Crippen molar-refractivity contribution in [3.8, 4) is 0 Å². The first-order chi connectivity index (χ1) is 8.20. The van der Waals surface area contributed by atoms with Crippen molar-refractivity contribution in [2.45, 2.75) is 38.9 Å². The highest BCUT2D eigenvalue weighted by Crippen LogP contribution is 2.36. The van der Waals surface area contributed by atoms with Gasteiger partial charge in [0.2, 0.25) is 0 Å². The molecule has 0 saturated carbocycles. The summed E-state index contributed by atoms with van der Waals surface area (Å²) in [6.07, 6.45) is 1.14. The Kier molecular flexibility index (Phi) is 7.43. The minimum absolute atomic E-state index is 0.215. The molecule has 0 bridgehead atoms. The molecule has 18 heavy (non-hydrogen) atoms. The highest BCUT2D eigenvalue weighted by molar-refractivity contribution is 6.74. The molecule has 0 amide bonds. The monoisotopic (exact) mass is 274 g/mol. The van der Waals surface area contributed by atoms with E-state index in [2.05, 4.69) is 40.4 Å². The highest BCUT2D eigenvalue weighted by atomic mass is 28.4. The summed E-state index contributed by atoms with van der Waals surface area (Å²) in [5, 5.41) is 0.215. The minimum Gasteiger partial charge on any atom is -0.460 e. The van der Waals surface area contributed by atoms with Crippen molar-refractivity contribution in [3.05, 3.63) is 12.7 Å². The van der Waals surface area contributed by atoms with Gasteiger partial charge in [0.1, 0.15) is 6.61 Å². The van der Waals surface area contributed by atoms with E-state index in [4.69, 9.17) is 13.9 Å². The summed E-state index contributed by atoms with van der Waals surface area (Å²) >= 11 is 0. The van der Waals surface area contributed by atoms with Crippen molar-refractivity contribution in [1.29, 1.82) is 0 Å². The average molecular weight is 274 g/mol. The molecule has 0 unspecified atom stereocenters. The van der Waals surface area contributed by atoms with Crippen molar-refractivity contribution in [2.75, 3.05) is 26.4 Å². The summed E-state index contributed by atoms with van der Waals surface area (Å²) in [5.41, 5.74) is 0. The highest BCUT2D eigenvalue weighted by Gasteiger charge is 2.36. The zero-order valence-electron chi connectivity index (χ0n) is 12.2. The first-order valence-corrected chi connectivity index (χ1v) is 9.12. The lowest BCUT2D eigenvalue weighted by Crippen LogP contribution is -2.41. The van der Waals surface area contributed by atoms with E-state index in [1.54, 1.807) is 0 Å². The molecule has 0 aliphatic rings. The predicted octanol–water partition coefficient (Wildman–Crippen LogP) is 2.75. The molecule has 0 aliphatic carbocycles. The summed E-state index contributed by atoms with van der Waals surface area (Å²) in [7, 11) is -1.68. The molecular weight excluding hydrogens is 248 g/mol. The maximum Gasteiger partial charge on any atom is 0.330 e. The van der Waals surface area contributed by atoms with E-state index in [-0.39, 0.29) is 11.6 Å². The van der Waals surface area contributed by atoms with Gasteiger partial charge in [-0.3, -0.25) is 0 Å². The van der Waals surface area contributed by atoms with E-state index >= 15 is 0 Å². The summed E-state index contributed by atoms with van der Waals surface area (Å²) in [6.45, 7) is 16.1. The van der Waals surface area contributed by atoms with Gasteiger partial charge in [0.25, 0.3) is 0 Å². The molecule has 4 nitrogen and oxygen atoms in total. The molecule has 0 spiro atoms. The fourth-order valence-corrected chi connectivity index (χ4v) is 1.96. The smallest absolute Gasteiger partial charge is 0.330 e. The summed E-state index contributed by atoms with van der Waals surface area (Å²) in [4.78, 5) is 10.7. The number of rotatable bonds is 8.